The summed E-state index contributed by atoms with van der Waals surface area (Å²) < 4.78 is 18.6. The maximum Gasteiger partial charge on any atom is 0.256 e. The molecular formula is C33H44N4O4Si. The number of nitrogens with one attached hydrogen (secondary N) is 1. The van der Waals surface area contributed by atoms with Gasteiger partial charge in [0.15, 0.2) is 19.8 Å². The number of rotatable bonds is 10. The minimum absolute atomic E-state index is 0.0236. The zero-order chi connectivity index (χ0) is 30.1. The summed E-state index contributed by atoms with van der Waals surface area (Å²) in [5.41, 5.74) is 3.48. The highest BCUT2D eigenvalue weighted by molar-refractivity contribution is 6.74. The standard InChI is InChI=1S/C33H44N4O4Si/c1-33(2,3)42(6,7)41-20-27-31-24(30(31)23-17-35-21-36-18-23)13-14-37(27)32(38)25-15-28(39-5)29(16-26(25)34-4)40-19-22-11-9-8-10-12-22/h8-12,15-18,21,24,27,30-31,34H,13-14,19-20H2,1-7H3/t24-,27-,30?,31?/m1/s1. The third-order valence-corrected chi connectivity index (χ3v) is 14.0. The summed E-state index contributed by atoms with van der Waals surface area (Å²) in [5, 5.41) is 3.31. The van der Waals surface area contributed by atoms with Crippen LogP contribution in [0, 0.1) is 11.8 Å². The van der Waals surface area contributed by atoms with E-state index in [1.54, 1.807) is 13.4 Å². The van der Waals surface area contributed by atoms with Gasteiger partial charge in [0.1, 0.15) is 12.9 Å². The molecule has 1 N–H and O–H groups in total. The van der Waals surface area contributed by atoms with E-state index in [0.717, 1.165) is 17.5 Å². The highest BCUT2D eigenvalue weighted by Gasteiger charge is 2.59. The molecule has 2 aromatic carbocycles. The van der Waals surface area contributed by atoms with Gasteiger partial charge >= 0.3 is 0 Å². The molecule has 3 aromatic rings. The minimum Gasteiger partial charge on any atom is -0.493 e. The molecule has 224 valence electrons. The van der Waals surface area contributed by atoms with Gasteiger partial charge in [-0.05, 0) is 59.5 Å². The minimum atomic E-state index is -2.03. The first-order chi connectivity index (χ1) is 20.1. The number of carbonyl (C=O) groups is 1. The number of ether oxygens (including phenoxy) is 2. The predicted octanol–water partition coefficient (Wildman–Crippen LogP) is 6.37. The Morgan fingerprint density at radius 1 is 1.10 bits per heavy atom. The lowest BCUT2D eigenvalue weighted by Crippen LogP contribution is -2.51. The molecule has 8 nitrogen and oxygen atoms in total. The molecule has 1 saturated carbocycles. The van der Waals surface area contributed by atoms with Crippen LogP contribution < -0.4 is 14.8 Å². The second-order valence-electron chi connectivity index (χ2n) is 12.9. The predicted molar refractivity (Wildman–Crippen MR) is 168 cm³/mol. The third-order valence-electron chi connectivity index (χ3n) is 9.47. The summed E-state index contributed by atoms with van der Waals surface area (Å²) in [7, 11) is 1.40. The first-order valence-corrected chi connectivity index (χ1v) is 17.7. The molecule has 1 amide bonds. The van der Waals surface area contributed by atoms with Crippen LogP contribution in [0.15, 0.2) is 61.2 Å². The van der Waals surface area contributed by atoms with Gasteiger partial charge in [-0.25, -0.2) is 9.97 Å². The van der Waals surface area contributed by atoms with Crippen LogP contribution in [0.3, 0.4) is 0 Å². The van der Waals surface area contributed by atoms with E-state index in [1.165, 1.54) is 0 Å². The molecule has 4 atom stereocenters. The van der Waals surface area contributed by atoms with Gasteiger partial charge in [-0.1, -0.05) is 51.1 Å². The molecule has 2 fully saturated rings. The van der Waals surface area contributed by atoms with Crippen LogP contribution in [0.1, 0.15) is 54.6 Å². The maximum atomic E-state index is 14.4. The van der Waals surface area contributed by atoms with Crippen molar-refractivity contribution in [2.45, 2.75) is 63.9 Å². The molecule has 5 rings (SSSR count). The van der Waals surface area contributed by atoms with E-state index in [0.29, 0.717) is 60.3 Å². The van der Waals surface area contributed by atoms with Crippen molar-refractivity contribution in [3.63, 3.8) is 0 Å². The molecule has 1 aromatic heterocycles. The number of aromatic nitrogens is 2. The van der Waals surface area contributed by atoms with Crippen molar-refractivity contribution >= 4 is 19.9 Å². The molecule has 2 unspecified atom stereocenters. The molecular weight excluding hydrogens is 544 g/mol. The topological polar surface area (TPSA) is 85.8 Å². The summed E-state index contributed by atoms with van der Waals surface area (Å²) in [6, 6.07) is 13.6. The molecule has 9 heteroatoms. The number of likely N-dealkylation sites (tertiary alicyclic amines) is 1. The van der Waals surface area contributed by atoms with Gasteiger partial charge in [0.25, 0.3) is 5.91 Å². The lowest BCUT2D eigenvalue weighted by molar-refractivity contribution is 0.0484. The highest BCUT2D eigenvalue weighted by atomic mass is 28.4. The van der Waals surface area contributed by atoms with Gasteiger partial charge in [-0.3, -0.25) is 4.79 Å². The lowest BCUT2D eigenvalue weighted by atomic mass is 10.00. The fourth-order valence-corrected chi connectivity index (χ4v) is 7.00. The van der Waals surface area contributed by atoms with Crippen LogP contribution in [0.4, 0.5) is 5.69 Å². The summed E-state index contributed by atoms with van der Waals surface area (Å²) in [5.74, 6) is 2.24. The van der Waals surface area contributed by atoms with Crippen molar-refractivity contribution in [3.05, 3.63) is 77.9 Å². The number of hydrogen-bond acceptors (Lipinski definition) is 7. The number of fused-ring (bicyclic) bond motifs is 1. The molecule has 1 aliphatic heterocycles. The van der Waals surface area contributed by atoms with Crippen molar-refractivity contribution in [1.29, 1.82) is 0 Å². The SMILES string of the molecule is CNc1cc(OCc2ccccc2)c(OC)cc1C(=O)N1CC[C@@H]2C(c3cncnc3)C2[C@H]1CO[Si](C)(C)C(C)(C)C. The van der Waals surface area contributed by atoms with Crippen LogP contribution in [-0.2, 0) is 11.0 Å². The molecule has 0 radical (unpaired) electrons. The monoisotopic (exact) mass is 588 g/mol. The van der Waals surface area contributed by atoms with Crippen LogP contribution in [0.25, 0.3) is 0 Å². The Bertz CT molecular complexity index is 1380. The average Bonchev–Trinajstić information content (AvgIpc) is 3.73. The number of anilines is 1. The van der Waals surface area contributed by atoms with Crippen LogP contribution in [-0.4, -0.2) is 62.4 Å². The number of hydrogen-bond donors (Lipinski definition) is 1. The number of benzene rings is 2. The van der Waals surface area contributed by atoms with E-state index in [-0.39, 0.29) is 17.0 Å². The van der Waals surface area contributed by atoms with Gasteiger partial charge in [0.2, 0.25) is 0 Å². The Balaban J connectivity index is 1.43. The van der Waals surface area contributed by atoms with Crippen molar-refractivity contribution in [2.24, 2.45) is 11.8 Å². The average molecular weight is 589 g/mol. The van der Waals surface area contributed by atoms with Crippen LogP contribution >= 0.6 is 0 Å². The van der Waals surface area contributed by atoms with Crippen molar-refractivity contribution in [1.82, 2.24) is 14.9 Å². The Labute approximate surface area is 250 Å². The van der Waals surface area contributed by atoms with E-state index in [4.69, 9.17) is 13.9 Å². The number of nitrogens with zero attached hydrogens (tertiary/aromatic N) is 3. The fourth-order valence-electron chi connectivity index (χ4n) is 5.98. The maximum absolute atomic E-state index is 14.4. The smallest absolute Gasteiger partial charge is 0.256 e. The quantitative estimate of drug-likeness (QED) is 0.275. The van der Waals surface area contributed by atoms with Crippen molar-refractivity contribution in [3.8, 4) is 11.5 Å². The van der Waals surface area contributed by atoms with E-state index < -0.39 is 8.32 Å². The largest absolute Gasteiger partial charge is 0.493 e. The summed E-state index contributed by atoms with van der Waals surface area (Å²) >= 11 is 0. The Morgan fingerprint density at radius 2 is 1.81 bits per heavy atom. The van der Waals surface area contributed by atoms with Crippen LogP contribution in [0.2, 0.25) is 18.1 Å². The summed E-state index contributed by atoms with van der Waals surface area (Å²) in [4.78, 5) is 25.0. The van der Waals surface area contributed by atoms with Crippen molar-refractivity contribution < 1.29 is 18.7 Å². The molecule has 0 bridgehead atoms. The highest BCUT2D eigenvalue weighted by Crippen LogP contribution is 2.61. The fraction of sp³-hybridized carbons (Fsp3) is 0.485. The number of methoxy groups -OCH3 is 1. The molecule has 0 spiro atoms. The normalized spacial score (nSPS) is 21.8. The Hall–Kier alpha value is -3.43. The second-order valence-corrected chi connectivity index (χ2v) is 17.7. The number of piperidine rings is 1. The van der Waals surface area contributed by atoms with Gasteiger partial charge in [-0.2, -0.15) is 0 Å². The Morgan fingerprint density at radius 3 is 2.45 bits per heavy atom. The van der Waals surface area contributed by atoms with E-state index in [1.807, 2.05) is 66.8 Å². The van der Waals surface area contributed by atoms with Gasteiger partial charge in [0.05, 0.1) is 31.0 Å². The first kappa shape index (κ1) is 30.0. The molecule has 42 heavy (non-hydrogen) atoms. The van der Waals surface area contributed by atoms with Gasteiger partial charge in [0, 0.05) is 32.1 Å². The molecule has 1 aliphatic carbocycles. The second kappa shape index (κ2) is 12.0. The number of carbonyl (C=O) groups excluding carboxylic acids is 1. The summed E-state index contributed by atoms with van der Waals surface area (Å²) in [6.07, 6.45) is 6.36. The van der Waals surface area contributed by atoms with E-state index >= 15 is 0 Å². The first-order valence-electron chi connectivity index (χ1n) is 14.8. The zero-order valence-corrected chi connectivity index (χ0v) is 26.9. The third kappa shape index (κ3) is 6.03. The Kier molecular flexibility index (Phi) is 8.62. The molecule has 1 saturated heterocycles. The van der Waals surface area contributed by atoms with Gasteiger partial charge < -0.3 is 24.1 Å². The number of amides is 1. The lowest BCUT2D eigenvalue weighted by Gasteiger charge is -2.41. The zero-order valence-electron chi connectivity index (χ0n) is 25.9. The molecule has 2 aliphatic rings. The van der Waals surface area contributed by atoms with Crippen molar-refractivity contribution in [2.75, 3.05) is 32.6 Å². The van der Waals surface area contributed by atoms with Gasteiger partial charge in [-0.15, -0.1) is 0 Å². The molecule has 2 heterocycles. The van der Waals surface area contributed by atoms with Crippen LogP contribution in [0.5, 0.6) is 11.5 Å². The van der Waals surface area contributed by atoms with E-state index in [2.05, 4.69) is 49.1 Å². The summed E-state index contributed by atoms with van der Waals surface area (Å²) in [6.45, 7) is 12.9. The van der Waals surface area contributed by atoms with E-state index in [9.17, 15) is 4.79 Å².